The molecule has 0 spiro atoms. The Bertz CT molecular complexity index is 2100. The third kappa shape index (κ3) is 7.93. The quantitative estimate of drug-likeness (QED) is 0.170. The van der Waals surface area contributed by atoms with Crippen LogP contribution in [0.4, 0.5) is 4.39 Å². The highest BCUT2D eigenvalue weighted by Gasteiger charge is 2.27. The van der Waals surface area contributed by atoms with Crippen molar-refractivity contribution in [1.82, 2.24) is 29.9 Å². The molecule has 51 heavy (non-hydrogen) atoms. The fraction of sp³-hybridized carbons (Fsp3) is 0.359. The molecule has 3 aromatic carbocycles. The van der Waals surface area contributed by atoms with Crippen LogP contribution < -0.4 is 26.8 Å². The average molecular weight is 713 g/mol. The molecule has 0 atom stereocenters. The molecule has 0 unspecified atom stereocenters. The van der Waals surface area contributed by atoms with Crippen LogP contribution in [0, 0.1) is 5.82 Å². The second-order valence-corrected chi connectivity index (χ2v) is 13.7. The van der Waals surface area contributed by atoms with Crippen LogP contribution >= 0.6 is 11.6 Å². The van der Waals surface area contributed by atoms with Gasteiger partial charge in [-0.1, -0.05) is 54.1 Å². The average Bonchev–Trinajstić information content (AvgIpc) is 3.42. The molecule has 1 aliphatic carbocycles. The van der Waals surface area contributed by atoms with Crippen molar-refractivity contribution >= 4 is 22.6 Å². The van der Waals surface area contributed by atoms with Crippen molar-refractivity contribution in [2.45, 2.75) is 57.3 Å². The molecule has 2 aromatic heterocycles. The van der Waals surface area contributed by atoms with E-state index in [0.717, 1.165) is 75.0 Å². The van der Waals surface area contributed by atoms with E-state index in [1.807, 2.05) is 42.5 Å². The first-order chi connectivity index (χ1) is 24.9. The molecule has 5 aromatic rings. The second-order valence-electron chi connectivity index (χ2n) is 13.3. The fourth-order valence-corrected chi connectivity index (χ4v) is 7.45. The van der Waals surface area contributed by atoms with Crippen LogP contribution in [0.1, 0.15) is 49.3 Å². The normalized spacial score (nSPS) is 18.5. The Labute approximate surface area is 300 Å². The van der Waals surface area contributed by atoms with Crippen LogP contribution in [-0.4, -0.2) is 58.5 Å². The number of hydrogen-bond acceptors (Lipinski definition) is 8. The van der Waals surface area contributed by atoms with Gasteiger partial charge in [0.1, 0.15) is 11.6 Å². The summed E-state index contributed by atoms with van der Waals surface area (Å²) in [5, 5.41) is 0.623. The van der Waals surface area contributed by atoms with Gasteiger partial charge in [-0.2, -0.15) is 0 Å². The topological polar surface area (TPSA) is 103 Å². The van der Waals surface area contributed by atoms with Crippen molar-refractivity contribution in [3.8, 4) is 22.6 Å². The molecule has 12 heteroatoms. The maximum Gasteiger partial charge on any atom is 0.337 e. The number of fused-ring (bicyclic) bond motifs is 1. The number of aromatic nitrogens is 3. The van der Waals surface area contributed by atoms with Crippen LogP contribution in [0.25, 0.3) is 27.8 Å². The van der Waals surface area contributed by atoms with E-state index in [4.69, 9.17) is 21.1 Å². The summed E-state index contributed by atoms with van der Waals surface area (Å²) in [6.07, 6.45) is 4.77. The van der Waals surface area contributed by atoms with E-state index in [1.54, 1.807) is 7.11 Å². The summed E-state index contributed by atoms with van der Waals surface area (Å²) in [5.74, 6) is -0.00354. The van der Waals surface area contributed by atoms with Crippen molar-refractivity contribution < 1.29 is 13.9 Å². The first-order valence-electron chi connectivity index (χ1n) is 17.5. The lowest BCUT2D eigenvalue weighted by atomic mass is 9.91. The zero-order valence-electron chi connectivity index (χ0n) is 28.6. The lowest BCUT2D eigenvalue weighted by molar-refractivity contribution is 0.140. The van der Waals surface area contributed by atoms with E-state index in [9.17, 15) is 14.0 Å². The predicted molar refractivity (Wildman–Crippen MR) is 197 cm³/mol. The van der Waals surface area contributed by atoms with E-state index in [1.165, 1.54) is 20.8 Å². The molecule has 0 amide bonds. The molecule has 1 saturated carbocycles. The Hall–Kier alpha value is -4.39. The molecule has 266 valence electrons. The number of nitrogens with one attached hydrogen (secondary N) is 2. The van der Waals surface area contributed by atoms with Crippen LogP contribution in [-0.2, 0) is 17.8 Å². The number of hydrogen-bond donors (Lipinski definition) is 2. The van der Waals surface area contributed by atoms with Crippen molar-refractivity contribution in [3.63, 3.8) is 0 Å². The highest BCUT2D eigenvalue weighted by atomic mass is 35.5. The standard InChI is InChI=1S/C39H42ClFN6O4/c1-50-36-15-8-27(20-35(36)40)23-43-44-31-11-13-32(14-12-31)47-38(48)34-22-30(41)24-42-37(34)46(39(47)49)33-5-2-4-29(21-33)28-9-6-26(7-10-28)25-45-16-3-18-51-19-17-45/h2,4-10,15,20-22,24,31-32,43-44H,3,11-14,16-19,23,25H2,1H3. The van der Waals surface area contributed by atoms with Gasteiger partial charge in [0.2, 0.25) is 0 Å². The lowest BCUT2D eigenvalue weighted by Crippen LogP contribution is -2.46. The Morgan fingerprint density at radius 2 is 1.75 bits per heavy atom. The highest BCUT2D eigenvalue weighted by molar-refractivity contribution is 6.32. The Balaban J connectivity index is 1.10. The van der Waals surface area contributed by atoms with Gasteiger partial charge < -0.3 is 9.47 Å². The van der Waals surface area contributed by atoms with Crippen molar-refractivity contribution in [2.75, 3.05) is 33.4 Å². The smallest absolute Gasteiger partial charge is 0.337 e. The van der Waals surface area contributed by atoms with Gasteiger partial charge in [0.05, 0.1) is 36.0 Å². The highest BCUT2D eigenvalue weighted by Crippen LogP contribution is 2.29. The number of hydrazine groups is 1. The molecule has 0 radical (unpaired) electrons. The monoisotopic (exact) mass is 712 g/mol. The summed E-state index contributed by atoms with van der Waals surface area (Å²) < 4.78 is 28.1. The molecular weight excluding hydrogens is 671 g/mol. The molecule has 1 saturated heterocycles. The van der Waals surface area contributed by atoms with E-state index >= 15 is 0 Å². The molecule has 2 aliphatic rings. The number of methoxy groups -OCH3 is 1. The third-order valence-electron chi connectivity index (χ3n) is 9.88. The van der Waals surface area contributed by atoms with E-state index in [-0.39, 0.29) is 23.1 Å². The first kappa shape index (κ1) is 35.0. The van der Waals surface area contributed by atoms with Gasteiger partial charge >= 0.3 is 5.69 Å². The summed E-state index contributed by atoms with van der Waals surface area (Å²) in [7, 11) is 1.58. The van der Waals surface area contributed by atoms with E-state index < -0.39 is 17.1 Å². The zero-order chi connectivity index (χ0) is 35.3. The summed E-state index contributed by atoms with van der Waals surface area (Å²) in [6, 6.07) is 22.7. The SMILES string of the molecule is COc1ccc(CNNC2CCC(n3c(=O)c4cc(F)cnc4n(-c4cccc(-c5ccc(CN6CCCOCC6)cc5)c4)c3=O)CC2)cc1Cl. The minimum Gasteiger partial charge on any atom is -0.495 e. The molecular formula is C39H42ClFN6O4. The van der Waals surface area contributed by atoms with Gasteiger partial charge in [-0.3, -0.25) is 25.1 Å². The van der Waals surface area contributed by atoms with Crippen LogP contribution in [0.15, 0.2) is 88.6 Å². The van der Waals surface area contributed by atoms with Gasteiger partial charge in [0.15, 0.2) is 5.65 Å². The Morgan fingerprint density at radius 3 is 2.53 bits per heavy atom. The van der Waals surface area contributed by atoms with Crippen LogP contribution in [0.2, 0.25) is 5.02 Å². The molecule has 2 fully saturated rings. The number of benzene rings is 3. The molecule has 1 aliphatic heterocycles. The maximum atomic E-state index is 14.5. The summed E-state index contributed by atoms with van der Waals surface area (Å²) in [6.45, 7) is 4.93. The van der Waals surface area contributed by atoms with Crippen molar-refractivity contribution in [2.24, 2.45) is 0 Å². The number of halogens is 2. The third-order valence-corrected chi connectivity index (χ3v) is 10.2. The summed E-state index contributed by atoms with van der Waals surface area (Å²) >= 11 is 6.27. The van der Waals surface area contributed by atoms with Gasteiger partial charge in [0, 0.05) is 44.9 Å². The fourth-order valence-electron chi connectivity index (χ4n) is 7.17. The molecule has 7 rings (SSSR count). The zero-order valence-corrected chi connectivity index (χ0v) is 29.4. The minimum absolute atomic E-state index is 0.0725. The molecule has 10 nitrogen and oxygen atoms in total. The van der Waals surface area contributed by atoms with Gasteiger partial charge in [-0.15, -0.1) is 0 Å². The molecule has 0 bridgehead atoms. The predicted octanol–water partition coefficient (Wildman–Crippen LogP) is 6.02. The Kier molecular flexibility index (Phi) is 10.9. The number of rotatable bonds is 10. The van der Waals surface area contributed by atoms with Crippen molar-refractivity contribution in [1.29, 1.82) is 0 Å². The van der Waals surface area contributed by atoms with Crippen LogP contribution in [0.5, 0.6) is 5.75 Å². The maximum absolute atomic E-state index is 14.5. The molecule has 2 N–H and O–H groups in total. The second kappa shape index (κ2) is 15.9. The largest absolute Gasteiger partial charge is 0.495 e. The van der Waals surface area contributed by atoms with Gasteiger partial charge in [0.25, 0.3) is 5.56 Å². The van der Waals surface area contributed by atoms with Gasteiger partial charge in [-0.05, 0) is 84.7 Å². The Morgan fingerprint density at radius 1 is 0.941 bits per heavy atom. The number of nitrogens with zero attached hydrogens (tertiary/aromatic N) is 4. The number of pyridine rings is 1. The summed E-state index contributed by atoms with van der Waals surface area (Å²) in [4.78, 5) is 34.8. The van der Waals surface area contributed by atoms with Crippen LogP contribution in [0.3, 0.4) is 0 Å². The van der Waals surface area contributed by atoms with Gasteiger partial charge in [-0.25, -0.2) is 18.7 Å². The lowest BCUT2D eigenvalue weighted by Gasteiger charge is -2.30. The number of ether oxygens (including phenoxy) is 2. The van der Waals surface area contributed by atoms with Crippen molar-refractivity contribution in [3.05, 3.63) is 122 Å². The first-order valence-corrected chi connectivity index (χ1v) is 17.9. The summed E-state index contributed by atoms with van der Waals surface area (Å²) in [5.41, 5.74) is 10.5. The van der Waals surface area contributed by atoms with E-state index in [2.05, 4.69) is 45.0 Å². The van der Waals surface area contributed by atoms with E-state index in [0.29, 0.717) is 35.8 Å². The minimum atomic E-state index is -0.630. The molecule has 3 heterocycles.